The molecule has 0 bridgehead atoms. The Hall–Kier alpha value is 0.270. The van der Waals surface area contributed by atoms with E-state index in [0.29, 0.717) is 6.04 Å². The van der Waals surface area contributed by atoms with Crippen LogP contribution in [0.15, 0.2) is 0 Å². The van der Waals surface area contributed by atoms with Gasteiger partial charge in [0.1, 0.15) is 0 Å². The summed E-state index contributed by atoms with van der Waals surface area (Å²) >= 11 is 2.00. The molecule has 0 amide bonds. The largest absolute Gasteiger partial charge is 0.381 e. The summed E-state index contributed by atoms with van der Waals surface area (Å²) in [5.74, 6) is 3.21. The first-order chi connectivity index (χ1) is 6.33. The van der Waals surface area contributed by atoms with Crippen molar-refractivity contribution < 1.29 is 4.74 Å². The molecule has 2 nitrogen and oxygen atoms in total. The van der Waals surface area contributed by atoms with Gasteiger partial charge in [-0.3, -0.25) is 0 Å². The smallest absolute Gasteiger partial charge is 0.0507 e. The van der Waals surface area contributed by atoms with Crippen molar-refractivity contribution in [1.29, 1.82) is 0 Å². The van der Waals surface area contributed by atoms with Gasteiger partial charge in [-0.2, -0.15) is 11.8 Å². The average Bonchev–Trinajstić information content (AvgIpc) is 2.64. The Labute approximate surface area is 85.8 Å². The third-order valence-electron chi connectivity index (χ3n) is 2.35. The van der Waals surface area contributed by atoms with Crippen LogP contribution in [0.3, 0.4) is 0 Å². The summed E-state index contributed by atoms with van der Waals surface area (Å²) in [5, 5.41) is 3.56. The molecule has 13 heavy (non-hydrogen) atoms. The van der Waals surface area contributed by atoms with Gasteiger partial charge in [-0.25, -0.2) is 0 Å². The number of hydrogen-bond donors (Lipinski definition) is 1. The van der Waals surface area contributed by atoms with Gasteiger partial charge < -0.3 is 10.1 Å². The van der Waals surface area contributed by atoms with Gasteiger partial charge in [0.05, 0.1) is 6.61 Å². The summed E-state index contributed by atoms with van der Waals surface area (Å²) in [4.78, 5) is 0. The second kappa shape index (κ2) is 6.68. The highest BCUT2D eigenvalue weighted by molar-refractivity contribution is 7.99. The van der Waals surface area contributed by atoms with Gasteiger partial charge in [0.15, 0.2) is 0 Å². The molecule has 3 heteroatoms. The lowest BCUT2D eigenvalue weighted by Crippen LogP contribution is -2.33. The molecule has 1 saturated heterocycles. The van der Waals surface area contributed by atoms with Gasteiger partial charge in [0, 0.05) is 24.9 Å². The van der Waals surface area contributed by atoms with E-state index in [1.165, 1.54) is 17.9 Å². The second-order valence-electron chi connectivity index (χ2n) is 3.70. The summed E-state index contributed by atoms with van der Waals surface area (Å²) in [6.07, 6.45) is 1.24. The fourth-order valence-electron chi connectivity index (χ4n) is 1.47. The molecule has 1 N–H and O–H groups in total. The van der Waals surface area contributed by atoms with E-state index in [4.69, 9.17) is 4.74 Å². The van der Waals surface area contributed by atoms with E-state index in [2.05, 4.69) is 19.2 Å². The summed E-state index contributed by atoms with van der Waals surface area (Å²) < 4.78 is 5.33. The molecule has 0 saturated carbocycles. The van der Waals surface area contributed by atoms with Gasteiger partial charge >= 0.3 is 0 Å². The van der Waals surface area contributed by atoms with Gasteiger partial charge in [-0.15, -0.1) is 0 Å². The van der Waals surface area contributed by atoms with Crippen LogP contribution in [0.1, 0.15) is 20.3 Å². The van der Waals surface area contributed by atoms with E-state index < -0.39 is 0 Å². The van der Waals surface area contributed by atoms with Crippen molar-refractivity contribution in [3.8, 4) is 0 Å². The second-order valence-corrected chi connectivity index (χ2v) is 5.02. The maximum absolute atomic E-state index is 5.33. The predicted molar refractivity (Wildman–Crippen MR) is 59.4 cm³/mol. The van der Waals surface area contributed by atoms with Crippen LogP contribution in [0.25, 0.3) is 0 Å². The Kier molecular flexibility index (Phi) is 5.83. The van der Waals surface area contributed by atoms with Crippen molar-refractivity contribution in [1.82, 2.24) is 5.32 Å². The van der Waals surface area contributed by atoms with Crippen LogP contribution in [0.5, 0.6) is 0 Å². The standard InChI is InChI=1S/C10H21NOS/c1-3-13-8-9(2)11-6-10-4-5-12-7-10/h9-11H,3-8H2,1-2H3. The molecule has 0 spiro atoms. The third-order valence-corrected chi connectivity index (χ3v) is 3.49. The Morgan fingerprint density at radius 3 is 3.08 bits per heavy atom. The van der Waals surface area contributed by atoms with Crippen LogP contribution < -0.4 is 5.32 Å². The van der Waals surface area contributed by atoms with Gasteiger partial charge in [0.2, 0.25) is 0 Å². The molecule has 0 aliphatic carbocycles. The lowest BCUT2D eigenvalue weighted by atomic mass is 10.1. The van der Waals surface area contributed by atoms with E-state index in [-0.39, 0.29) is 0 Å². The Balaban J connectivity index is 1.97. The van der Waals surface area contributed by atoms with E-state index in [1.807, 2.05) is 11.8 Å². The molecular weight excluding hydrogens is 182 g/mol. The lowest BCUT2D eigenvalue weighted by Gasteiger charge is -2.15. The van der Waals surface area contributed by atoms with Crippen molar-refractivity contribution in [2.45, 2.75) is 26.3 Å². The molecular formula is C10H21NOS. The summed E-state index contributed by atoms with van der Waals surface area (Å²) in [7, 11) is 0. The normalized spacial score (nSPS) is 24.9. The van der Waals surface area contributed by atoms with Gasteiger partial charge in [0.25, 0.3) is 0 Å². The number of ether oxygens (including phenoxy) is 1. The maximum Gasteiger partial charge on any atom is 0.0507 e. The molecule has 78 valence electrons. The van der Waals surface area contributed by atoms with Crippen molar-refractivity contribution >= 4 is 11.8 Å². The number of thioether (sulfide) groups is 1. The minimum Gasteiger partial charge on any atom is -0.381 e. The van der Waals surface area contributed by atoms with Gasteiger partial charge in [-0.05, 0) is 25.0 Å². The number of rotatable bonds is 6. The minimum atomic E-state index is 0.644. The molecule has 2 unspecified atom stereocenters. The molecule has 0 aromatic heterocycles. The van der Waals surface area contributed by atoms with Crippen molar-refractivity contribution in [2.75, 3.05) is 31.3 Å². The third kappa shape index (κ3) is 4.89. The SMILES string of the molecule is CCSCC(C)NCC1CCOC1. The minimum absolute atomic E-state index is 0.644. The molecule has 1 rings (SSSR count). The first-order valence-electron chi connectivity index (χ1n) is 5.21. The fourth-order valence-corrected chi connectivity index (χ4v) is 2.17. The van der Waals surface area contributed by atoms with Crippen LogP contribution >= 0.6 is 11.8 Å². The highest BCUT2D eigenvalue weighted by Gasteiger charge is 2.15. The Morgan fingerprint density at radius 2 is 2.46 bits per heavy atom. The number of nitrogens with one attached hydrogen (secondary N) is 1. The molecule has 1 aliphatic heterocycles. The predicted octanol–water partition coefficient (Wildman–Crippen LogP) is 1.75. The van der Waals surface area contributed by atoms with Crippen molar-refractivity contribution in [2.24, 2.45) is 5.92 Å². The van der Waals surface area contributed by atoms with Crippen LogP contribution in [-0.2, 0) is 4.74 Å². The quantitative estimate of drug-likeness (QED) is 0.710. The van der Waals surface area contributed by atoms with E-state index in [1.54, 1.807) is 0 Å². The molecule has 2 atom stereocenters. The van der Waals surface area contributed by atoms with Crippen molar-refractivity contribution in [3.05, 3.63) is 0 Å². The Bertz CT molecular complexity index is 126. The molecule has 0 aromatic carbocycles. The van der Waals surface area contributed by atoms with Crippen LogP contribution in [0, 0.1) is 5.92 Å². The average molecular weight is 203 g/mol. The topological polar surface area (TPSA) is 21.3 Å². The van der Waals surface area contributed by atoms with Crippen LogP contribution in [0.4, 0.5) is 0 Å². The zero-order valence-electron chi connectivity index (χ0n) is 8.71. The number of hydrogen-bond acceptors (Lipinski definition) is 3. The highest BCUT2D eigenvalue weighted by Crippen LogP contribution is 2.11. The summed E-state index contributed by atoms with van der Waals surface area (Å²) in [6, 6.07) is 0.644. The van der Waals surface area contributed by atoms with E-state index >= 15 is 0 Å². The highest BCUT2D eigenvalue weighted by atomic mass is 32.2. The fraction of sp³-hybridized carbons (Fsp3) is 1.00. The van der Waals surface area contributed by atoms with Crippen LogP contribution in [-0.4, -0.2) is 37.3 Å². The first kappa shape index (κ1) is 11.3. The van der Waals surface area contributed by atoms with Crippen LogP contribution in [0.2, 0.25) is 0 Å². The molecule has 1 aliphatic rings. The molecule has 0 radical (unpaired) electrons. The molecule has 0 aromatic rings. The Morgan fingerprint density at radius 1 is 1.62 bits per heavy atom. The summed E-state index contributed by atoms with van der Waals surface area (Å²) in [6.45, 7) is 7.52. The first-order valence-corrected chi connectivity index (χ1v) is 6.37. The van der Waals surface area contributed by atoms with Gasteiger partial charge in [-0.1, -0.05) is 6.92 Å². The zero-order chi connectivity index (χ0) is 9.52. The van der Waals surface area contributed by atoms with E-state index in [0.717, 1.165) is 25.7 Å². The zero-order valence-corrected chi connectivity index (χ0v) is 9.53. The monoisotopic (exact) mass is 203 g/mol. The molecule has 1 fully saturated rings. The van der Waals surface area contributed by atoms with Crippen molar-refractivity contribution in [3.63, 3.8) is 0 Å². The van der Waals surface area contributed by atoms with E-state index in [9.17, 15) is 0 Å². The summed E-state index contributed by atoms with van der Waals surface area (Å²) in [5.41, 5.74) is 0. The molecule has 1 heterocycles. The lowest BCUT2D eigenvalue weighted by molar-refractivity contribution is 0.185. The maximum atomic E-state index is 5.33.